The molecule has 26 heavy (non-hydrogen) atoms. The summed E-state index contributed by atoms with van der Waals surface area (Å²) in [6.45, 7) is 13.0. The summed E-state index contributed by atoms with van der Waals surface area (Å²) in [5.74, 6) is 0.703. The fourth-order valence-electron chi connectivity index (χ4n) is 2.67. The van der Waals surface area contributed by atoms with Crippen molar-refractivity contribution < 1.29 is 19.1 Å². The lowest BCUT2D eigenvalue weighted by Gasteiger charge is -2.23. The van der Waals surface area contributed by atoms with E-state index in [2.05, 4.69) is 34.6 Å². The number of hydrogen-bond donors (Lipinski definition) is 0. The molecule has 0 N–H and O–H groups in total. The standard InChI is InChI=1S/C22H34O4/c1-16(2)10-9-15-25-19(23)13-8-14-20(24)26-21-17(3)11-7-12-18(21)22(4,5)6/h7,11-12,16H,8-10,13-15H2,1-6H3. The van der Waals surface area contributed by atoms with Crippen LogP contribution in [0.2, 0.25) is 0 Å². The van der Waals surface area contributed by atoms with Crippen molar-refractivity contribution in [3.63, 3.8) is 0 Å². The molecule has 0 heterocycles. The summed E-state index contributed by atoms with van der Waals surface area (Å²) in [7, 11) is 0. The van der Waals surface area contributed by atoms with Crippen molar-refractivity contribution in [1.29, 1.82) is 0 Å². The fraction of sp³-hybridized carbons (Fsp3) is 0.636. The number of para-hydroxylation sites is 1. The Labute approximate surface area is 158 Å². The third-order valence-corrected chi connectivity index (χ3v) is 4.19. The van der Waals surface area contributed by atoms with Crippen molar-refractivity contribution in [2.45, 2.75) is 79.1 Å². The molecule has 4 heteroatoms. The Kier molecular flexibility index (Phi) is 8.83. The van der Waals surface area contributed by atoms with Crippen LogP contribution in [0.25, 0.3) is 0 Å². The molecular formula is C22H34O4. The summed E-state index contributed by atoms with van der Waals surface area (Å²) < 4.78 is 10.8. The maximum absolute atomic E-state index is 12.2. The van der Waals surface area contributed by atoms with Crippen LogP contribution in [0.1, 0.15) is 77.8 Å². The van der Waals surface area contributed by atoms with Gasteiger partial charge in [-0.15, -0.1) is 0 Å². The molecule has 1 rings (SSSR count). The molecule has 1 aromatic rings. The second kappa shape index (κ2) is 10.3. The number of hydrogen-bond acceptors (Lipinski definition) is 4. The molecule has 0 atom stereocenters. The lowest BCUT2D eigenvalue weighted by atomic mass is 9.85. The van der Waals surface area contributed by atoms with Gasteiger partial charge in [0, 0.05) is 18.4 Å². The topological polar surface area (TPSA) is 52.6 Å². The maximum Gasteiger partial charge on any atom is 0.311 e. The van der Waals surface area contributed by atoms with Gasteiger partial charge in [-0.3, -0.25) is 9.59 Å². The van der Waals surface area contributed by atoms with Crippen LogP contribution in [0.5, 0.6) is 5.75 Å². The number of rotatable bonds is 9. The van der Waals surface area contributed by atoms with E-state index < -0.39 is 0 Å². The summed E-state index contributed by atoms with van der Waals surface area (Å²) in [6.07, 6.45) is 2.83. The van der Waals surface area contributed by atoms with Crippen molar-refractivity contribution in [3.8, 4) is 5.75 Å². The van der Waals surface area contributed by atoms with Gasteiger partial charge in [-0.25, -0.2) is 0 Å². The molecular weight excluding hydrogens is 328 g/mol. The lowest BCUT2D eigenvalue weighted by Crippen LogP contribution is -2.17. The second-order valence-electron chi connectivity index (χ2n) is 8.29. The van der Waals surface area contributed by atoms with Crippen LogP contribution < -0.4 is 4.74 Å². The number of carbonyl (C=O) groups is 2. The molecule has 0 aromatic heterocycles. The molecule has 0 saturated carbocycles. The molecule has 0 amide bonds. The molecule has 0 aliphatic rings. The summed E-state index contributed by atoms with van der Waals surface area (Å²) >= 11 is 0. The van der Waals surface area contributed by atoms with Crippen molar-refractivity contribution in [2.24, 2.45) is 5.92 Å². The summed E-state index contributed by atoms with van der Waals surface area (Å²) in [6, 6.07) is 5.90. The van der Waals surface area contributed by atoms with Gasteiger partial charge in [0.25, 0.3) is 0 Å². The third kappa shape index (κ3) is 8.03. The predicted molar refractivity (Wildman–Crippen MR) is 104 cm³/mol. The van der Waals surface area contributed by atoms with Crippen LogP contribution in [0.15, 0.2) is 18.2 Å². The normalized spacial score (nSPS) is 11.5. The average Bonchev–Trinajstić information content (AvgIpc) is 2.52. The molecule has 0 fully saturated rings. The Morgan fingerprint density at radius 2 is 1.69 bits per heavy atom. The van der Waals surface area contributed by atoms with E-state index in [0.717, 1.165) is 24.0 Å². The van der Waals surface area contributed by atoms with Crippen molar-refractivity contribution in [2.75, 3.05) is 6.61 Å². The fourth-order valence-corrected chi connectivity index (χ4v) is 2.67. The first-order valence-electron chi connectivity index (χ1n) is 9.57. The summed E-state index contributed by atoms with van der Waals surface area (Å²) in [4.78, 5) is 23.9. The van der Waals surface area contributed by atoms with E-state index in [1.54, 1.807) is 0 Å². The van der Waals surface area contributed by atoms with Gasteiger partial charge >= 0.3 is 11.9 Å². The number of ether oxygens (including phenoxy) is 2. The lowest BCUT2D eigenvalue weighted by molar-refractivity contribution is -0.144. The highest BCUT2D eigenvalue weighted by molar-refractivity contribution is 5.75. The number of benzene rings is 1. The minimum Gasteiger partial charge on any atom is -0.466 e. The summed E-state index contributed by atoms with van der Waals surface area (Å²) in [5.41, 5.74) is 1.84. The number of esters is 2. The monoisotopic (exact) mass is 362 g/mol. The van der Waals surface area contributed by atoms with E-state index in [4.69, 9.17) is 9.47 Å². The van der Waals surface area contributed by atoms with Gasteiger partial charge < -0.3 is 9.47 Å². The van der Waals surface area contributed by atoms with Crippen molar-refractivity contribution in [3.05, 3.63) is 29.3 Å². The first kappa shape index (κ1) is 22.2. The van der Waals surface area contributed by atoms with Gasteiger partial charge in [0.15, 0.2) is 0 Å². The largest absolute Gasteiger partial charge is 0.466 e. The van der Waals surface area contributed by atoms with Gasteiger partial charge in [0.2, 0.25) is 0 Å². The van der Waals surface area contributed by atoms with Crippen LogP contribution in [0, 0.1) is 12.8 Å². The zero-order valence-corrected chi connectivity index (χ0v) is 17.2. The Morgan fingerprint density at radius 3 is 2.31 bits per heavy atom. The van der Waals surface area contributed by atoms with E-state index in [1.807, 2.05) is 25.1 Å². The minimum absolute atomic E-state index is 0.110. The highest BCUT2D eigenvalue weighted by Gasteiger charge is 2.22. The molecule has 0 radical (unpaired) electrons. The molecule has 4 nitrogen and oxygen atoms in total. The highest BCUT2D eigenvalue weighted by atomic mass is 16.5. The smallest absolute Gasteiger partial charge is 0.311 e. The van der Waals surface area contributed by atoms with Gasteiger partial charge in [-0.2, -0.15) is 0 Å². The quantitative estimate of drug-likeness (QED) is 0.338. The minimum atomic E-state index is -0.308. The van der Waals surface area contributed by atoms with E-state index >= 15 is 0 Å². The van der Waals surface area contributed by atoms with Crippen molar-refractivity contribution >= 4 is 11.9 Å². The van der Waals surface area contributed by atoms with Crippen LogP contribution in [-0.2, 0) is 19.7 Å². The zero-order chi connectivity index (χ0) is 19.7. The van der Waals surface area contributed by atoms with E-state index in [-0.39, 0.29) is 30.2 Å². The molecule has 1 aromatic carbocycles. The Morgan fingerprint density at radius 1 is 1.04 bits per heavy atom. The first-order valence-corrected chi connectivity index (χ1v) is 9.57. The molecule has 0 spiro atoms. The molecule has 0 aliphatic heterocycles. The highest BCUT2D eigenvalue weighted by Crippen LogP contribution is 2.34. The SMILES string of the molecule is Cc1cccc(C(C)(C)C)c1OC(=O)CCCC(=O)OCCCC(C)C. The van der Waals surface area contributed by atoms with Crippen LogP contribution in [0.3, 0.4) is 0 Å². The van der Waals surface area contributed by atoms with Crippen LogP contribution >= 0.6 is 0 Å². The first-order chi connectivity index (χ1) is 12.1. The number of carbonyl (C=O) groups excluding carboxylic acids is 2. The molecule has 0 aliphatic carbocycles. The van der Waals surface area contributed by atoms with Crippen LogP contribution in [-0.4, -0.2) is 18.5 Å². The molecule has 0 saturated heterocycles. The third-order valence-electron chi connectivity index (χ3n) is 4.19. The Balaban J connectivity index is 2.43. The van der Waals surface area contributed by atoms with Crippen LogP contribution in [0.4, 0.5) is 0 Å². The second-order valence-corrected chi connectivity index (χ2v) is 8.29. The average molecular weight is 363 g/mol. The predicted octanol–water partition coefficient (Wildman–Crippen LogP) is 5.35. The van der Waals surface area contributed by atoms with Crippen molar-refractivity contribution in [1.82, 2.24) is 0 Å². The summed E-state index contributed by atoms with van der Waals surface area (Å²) in [5, 5.41) is 0. The Hall–Kier alpha value is -1.84. The number of aryl methyl sites for hydroxylation is 1. The van der Waals surface area contributed by atoms with Gasteiger partial charge in [-0.1, -0.05) is 52.8 Å². The molecule has 0 bridgehead atoms. The van der Waals surface area contributed by atoms with Gasteiger partial charge in [0.1, 0.15) is 5.75 Å². The maximum atomic E-state index is 12.2. The van der Waals surface area contributed by atoms with Gasteiger partial charge in [-0.05, 0) is 43.1 Å². The zero-order valence-electron chi connectivity index (χ0n) is 17.2. The Bertz CT molecular complexity index is 597. The van der Waals surface area contributed by atoms with E-state index in [0.29, 0.717) is 24.7 Å². The van der Waals surface area contributed by atoms with E-state index in [9.17, 15) is 9.59 Å². The van der Waals surface area contributed by atoms with Gasteiger partial charge in [0.05, 0.1) is 6.61 Å². The molecule has 146 valence electrons. The van der Waals surface area contributed by atoms with E-state index in [1.165, 1.54) is 0 Å². The molecule has 0 unspecified atom stereocenters.